The smallest absolute Gasteiger partial charge is 0.358 e. The predicted octanol–water partition coefficient (Wildman–Crippen LogP) is 9.91. The van der Waals surface area contributed by atoms with Gasteiger partial charge in [0.25, 0.3) is 0 Å². The van der Waals surface area contributed by atoms with Crippen LogP contribution in [0, 0.1) is 37.5 Å². The van der Waals surface area contributed by atoms with Gasteiger partial charge in [-0.3, -0.25) is 0 Å². The molecule has 0 aromatic rings. The first-order valence-electron chi connectivity index (χ1n) is 12.3. The Morgan fingerprint density at radius 1 is 0.800 bits per heavy atom. The van der Waals surface area contributed by atoms with E-state index in [-0.39, 0.29) is 41.6 Å². The second-order valence-electron chi connectivity index (χ2n) is 9.15. The Bertz CT molecular complexity index is 308. The first kappa shape index (κ1) is 35.4. The maximum absolute atomic E-state index is 3.77. The molecule has 4 rings (SSSR count). The van der Waals surface area contributed by atoms with Crippen molar-refractivity contribution in [1.29, 1.82) is 0 Å². The maximum Gasteiger partial charge on any atom is 2.00 e. The summed E-state index contributed by atoms with van der Waals surface area (Å²) in [6.45, 7) is 10.6. The van der Waals surface area contributed by atoms with Gasteiger partial charge in [-0.2, -0.15) is 45.4 Å². The molecule has 0 aromatic heterocycles. The van der Waals surface area contributed by atoms with Gasteiger partial charge < -0.3 is 25.7 Å². The van der Waals surface area contributed by atoms with Gasteiger partial charge >= 0.3 is 34.1 Å². The van der Waals surface area contributed by atoms with Crippen molar-refractivity contribution in [3.8, 4) is 0 Å². The monoisotopic (exact) mass is 500 g/mol. The number of hydrogen-bond donors (Lipinski definition) is 0. The standard InChI is InChI=1S/C9H17.C8H13.C5H10.C5H9.CH3.2Fe/c1-3-5-9-7-4-6-8(9)2;1-3-8-6-4-5-7(8)2;2*1-2-4-5-3-1;;;/h9H,3-7H2,1-2H3;3,8H,1,4-6H2,2H3;1-5H2;1H,2-5H2;1H3;;/q2*-1;;2*-1;2*+2. The topological polar surface area (TPSA) is 0 Å². The Labute approximate surface area is 213 Å². The van der Waals surface area contributed by atoms with E-state index in [4.69, 9.17) is 0 Å². The van der Waals surface area contributed by atoms with Crippen molar-refractivity contribution in [3.05, 3.63) is 38.3 Å². The summed E-state index contributed by atoms with van der Waals surface area (Å²) in [6, 6.07) is 0. The Morgan fingerprint density at radius 2 is 1.30 bits per heavy atom. The van der Waals surface area contributed by atoms with Crippen LogP contribution in [0.15, 0.2) is 12.7 Å². The summed E-state index contributed by atoms with van der Waals surface area (Å²) in [6.07, 6.45) is 28.8. The van der Waals surface area contributed by atoms with Crippen LogP contribution in [0.2, 0.25) is 0 Å². The van der Waals surface area contributed by atoms with E-state index in [9.17, 15) is 0 Å². The van der Waals surface area contributed by atoms with Crippen molar-refractivity contribution in [2.45, 2.75) is 130 Å². The van der Waals surface area contributed by atoms with Crippen molar-refractivity contribution in [1.82, 2.24) is 0 Å². The Morgan fingerprint density at radius 3 is 1.57 bits per heavy atom. The summed E-state index contributed by atoms with van der Waals surface area (Å²) >= 11 is 0. The average molecular weight is 500 g/mol. The predicted molar refractivity (Wildman–Crippen MR) is 130 cm³/mol. The quantitative estimate of drug-likeness (QED) is 0.206. The molecule has 4 aliphatic rings. The van der Waals surface area contributed by atoms with Crippen LogP contribution in [0.3, 0.4) is 0 Å². The fourth-order valence-corrected chi connectivity index (χ4v) is 4.77. The van der Waals surface area contributed by atoms with Crippen LogP contribution in [-0.2, 0) is 34.1 Å². The third-order valence-electron chi connectivity index (χ3n) is 6.78. The first-order valence-corrected chi connectivity index (χ1v) is 12.3. The Balaban J connectivity index is -0.000000322. The molecule has 2 heteroatoms. The van der Waals surface area contributed by atoms with E-state index in [1.807, 2.05) is 0 Å². The van der Waals surface area contributed by atoms with E-state index in [0.29, 0.717) is 0 Å². The van der Waals surface area contributed by atoms with Gasteiger partial charge in [0, 0.05) is 0 Å². The molecular weight excluding hydrogens is 448 g/mol. The molecule has 30 heavy (non-hydrogen) atoms. The largest absolute Gasteiger partial charge is 2.00 e. The van der Waals surface area contributed by atoms with Gasteiger partial charge in [0.1, 0.15) is 0 Å². The van der Waals surface area contributed by atoms with E-state index in [1.165, 1.54) is 109 Å². The minimum Gasteiger partial charge on any atom is -0.358 e. The van der Waals surface area contributed by atoms with Crippen molar-refractivity contribution in [3.63, 3.8) is 0 Å². The molecule has 0 N–H and O–H groups in total. The summed E-state index contributed by atoms with van der Waals surface area (Å²) < 4.78 is 0. The molecule has 2 atom stereocenters. The zero-order valence-corrected chi connectivity index (χ0v) is 23.0. The minimum atomic E-state index is 0. The molecule has 0 spiro atoms. The van der Waals surface area contributed by atoms with Crippen molar-refractivity contribution in [2.24, 2.45) is 11.8 Å². The van der Waals surface area contributed by atoms with Crippen molar-refractivity contribution >= 4 is 0 Å². The molecule has 180 valence electrons. The summed E-state index contributed by atoms with van der Waals surface area (Å²) in [4.78, 5) is 0. The second kappa shape index (κ2) is 24.4. The fraction of sp³-hybridized carbons (Fsp3) is 0.786. The summed E-state index contributed by atoms with van der Waals surface area (Å²) in [5.41, 5.74) is 0. The summed E-state index contributed by atoms with van der Waals surface area (Å²) in [5.74, 6) is 5.13. The Kier molecular flexibility index (Phi) is 28.8. The minimum absolute atomic E-state index is 0. The van der Waals surface area contributed by atoms with Crippen LogP contribution in [-0.4, -0.2) is 0 Å². The molecule has 0 aromatic carbocycles. The van der Waals surface area contributed by atoms with Gasteiger partial charge in [0.15, 0.2) is 0 Å². The maximum atomic E-state index is 3.77. The van der Waals surface area contributed by atoms with E-state index in [2.05, 4.69) is 39.8 Å². The van der Waals surface area contributed by atoms with Crippen LogP contribution >= 0.6 is 0 Å². The van der Waals surface area contributed by atoms with E-state index >= 15 is 0 Å². The number of allylic oxidation sites excluding steroid dienone is 1. The van der Waals surface area contributed by atoms with Crippen LogP contribution < -0.4 is 0 Å². The Hall–Kier alpha value is 0.779. The first-order chi connectivity index (χ1) is 13.2. The van der Waals surface area contributed by atoms with Crippen molar-refractivity contribution < 1.29 is 34.1 Å². The van der Waals surface area contributed by atoms with Gasteiger partial charge in [-0.15, -0.1) is 18.6 Å². The number of hydrogen-bond acceptors (Lipinski definition) is 0. The van der Waals surface area contributed by atoms with Crippen LogP contribution in [0.25, 0.3) is 0 Å². The molecule has 0 radical (unpaired) electrons. The zero-order chi connectivity index (χ0) is 19.7. The van der Waals surface area contributed by atoms with E-state index < -0.39 is 0 Å². The zero-order valence-electron chi connectivity index (χ0n) is 20.7. The number of rotatable bonds is 3. The molecule has 0 bridgehead atoms. The van der Waals surface area contributed by atoms with Gasteiger partial charge in [0.2, 0.25) is 0 Å². The fourth-order valence-electron chi connectivity index (χ4n) is 4.77. The molecule has 0 aliphatic heterocycles. The molecule has 2 unspecified atom stereocenters. The summed E-state index contributed by atoms with van der Waals surface area (Å²) in [5, 5.41) is 0. The van der Waals surface area contributed by atoms with Gasteiger partial charge in [-0.1, -0.05) is 90.4 Å². The second-order valence-corrected chi connectivity index (χ2v) is 9.15. The molecule has 4 saturated carbocycles. The molecule has 0 saturated heterocycles. The van der Waals surface area contributed by atoms with Gasteiger partial charge in [0.05, 0.1) is 0 Å². The van der Waals surface area contributed by atoms with Crippen LogP contribution in [0.5, 0.6) is 0 Å². The van der Waals surface area contributed by atoms with Gasteiger partial charge in [-0.05, 0) is 0 Å². The van der Waals surface area contributed by atoms with Crippen LogP contribution in [0.4, 0.5) is 0 Å². The molecule has 0 nitrogen and oxygen atoms in total. The van der Waals surface area contributed by atoms with Crippen molar-refractivity contribution in [2.75, 3.05) is 0 Å². The normalized spacial score (nSPS) is 25.0. The van der Waals surface area contributed by atoms with Gasteiger partial charge in [-0.25, -0.2) is 0 Å². The molecule has 4 aliphatic carbocycles. The molecule has 0 amide bonds. The molecule has 4 fully saturated rings. The van der Waals surface area contributed by atoms with Crippen LogP contribution in [0.1, 0.15) is 130 Å². The summed E-state index contributed by atoms with van der Waals surface area (Å²) in [7, 11) is 0. The third-order valence-corrected chi connectivity index (χ3v) is 6.78. The van der Waals surface area contributed by atoms with E-state index in [0.717, 1.165) is 11.8 Å². The molecule has 0 heterocycles. The SMILES string of the molecule is C1CCCC1.C=CC1CCC[C-]1C.CCCC1CCC[C-]1C.[CH-]1CCCC1.[CH3-].[Fe+2].[Fe+2]. The van der Waals surface area contributed by atoms with E-state index in [1.54, 1.807) is 11.8 Å². The molecular formula is C28H52Fe2. The average Bonchev–Trinajstić information content (AvgIpc) is 3.48. The third kappa shape index (κ3) is 17.3.